The highest BCUT2D eigenvalue weighted by molar-refractivity contribution is 7.89. The second-order valence-corrected chi connectivity index (χ2v) is 7.40. The quantitative estimate of drug-likeness (QED) is 0.796. The Hall–Kier alpha value is -2.14. The van der Waals surface area contributed by atoms with Gasteiger partial charge < -0.3 is 9.26 Å². The van der Waals surface area contributed by atoms with E-state index >= 15 is 0 Å². The molecule has 0 unspecified atom stereocenters. The Morgan fingerprint density at radius 1 is 1.46 bits per heavy atom. The lowest BCUT2D eigenvalue weighted by Crippen LogP contribution is -2.22. The van der Waals surface area contributed by atoms with Crippen LogP contribution in [0.2, 0.25) is 0 Å². The molecule has 1 aliphatic rings. The zero-order valence-corrected chi connectivity index (χ0v) is 13.4. The minimum Gasteiger partial charge on any atom is -0.486 e. The minimum absolute atomic E-state index is 0.00850. The van der Waals surface area contributed by atoms with Crippen molar-refractivity contribution in [2.24, 2.45) is 0 Å². The molecule has 0 radical (unpaired) electrons. The first kappa shape index (κ1) is 16.7. The molecule has 1 saturated heterocycles. The summed E-state index contributed by atoms with van der Waals surface area (Å²) in [7, 11) is -1.99. The molecule has 1 aliphatic heterocycles. The SMILES string of the molecule is CN1CC[C@@H](c2nc(-c3ccc(OCC(F)F)cn3)no2)S1(=O)=O. The molecular weight excluding hydrogens is 346 g/mol. The van der Waals surface area contributed by atoms with E-state index in [1.165, 1.54) is 29.7 Å². The smallest absolute Gasteiger partial charge is 0.272 e. The average Bonchev–Trinajstić information content (AvgIpc) is 3.11. The number of hydrogen-bond acceptors (Lipinski definition) is 7. The van der Waals surface area contributed by atoms with Crippen molar-refractivity contribution in [2.45, 2.75) is 18.1 Å². The van der Waals surface area contributed by atoms with Crippen LogP contribution >= 0.6 is 0 Å². The molecule has 1 atom stereocenters. The molecule has 24 heavy (non-hydrogen) atoms. The van der Waals surface area contributed by atoms with E-state index in [0.29, 0.717) is 18.7 Å². The Kier molecular flexibility index (Phi) is 4.45. The van der Waals surface area contributed by atoms with Crippen LogP contribution in [0.1, 0.15) is 17.6 Å². The predicted molar refractivity (Wildman–Crippen MR) is 77.9 cm³/mol. The summed E-state index contributed by atoms with van der Waals surface area (Å²) < 4.78 is 59.5. The molecule has 3 heterocycles. The fraction of sp³-hybridized carbons (Fsp3) is 0.462. The topological polar surface area (TPSA) is 98.4 Å². The molecule has 8 nitrogen and oxygen atoms in total. The monoisotopic (exact) mass is 360 g/mol. The second kappa shape index (κ2) is 6.40. The number of alkyl halides is 2. The molecule has 0 amide bonds. The first-order valence-electron chi connectivity index (χ1n) is 7.04. The van der Waals surface area contributed by atoms with Crippen LogP contribution in [0.4, 0.5) is 8.78 Å². The van der Waals surface area contributed by atoms with Crippen molar-refractivity contribution in [3.8, 4) is 17.3 Å². The van der Waals surface area contributed by atoms with Gasteiger partial charge in [0, 0.05) is 13.6 Å². The van der Waals surface area contributed by atoms with Gasteiger partial charge in [-0.05, 0) is 18.6 Å². The highest BCUT2D eigenvalue weighted by Crippen LogP contribution is 2.34. The molecule has 130 valence electrons. The summed E-state index contributed by atoms with van der Waals surface area (Å²) in [5.74, 6) is 0.312. The molecular formula is C13H14F2N4O4S. The normalized spacial score (nSPS) is 20.6. The molecule has 0 saturated carbocycles. The number of pyridine rings is 1. The zero-order valence-electron chi connectivity index (χ0n) is 12.6. The van der Waals surface area contributed by atoms with Gasteiger partial charge in [0.2, 0.25) is 21.7 Å². The number of aromatic nitrogens is 3. The number of ether oxygens (including phenoxy) is 1. The highest BCUT2D eigenvalue weighted by Gasteiger charge is 2.41. The molecule has 0 aromatic carbocycles. The lowest BCUT2D eigenvalue weighted by molar-refractivity contribution is 0.0817. The summed E-state index contributed by atoms with van der Waals surface area (Å²) in [4.78, 5) is 8.09. The molecule has 3 rings (SSSR count). The fourth-order valence-corrected chi connectivity index (χ4v) is 3.82. The third-order valence-corrected chi connectivity index (χ3v) is 5.77. The molecule has 11 heteroatoms. The van der Waals surface area contributed by atoms with E-state index < -0.39 is 28.3 Å². The summed E-state index contributed by atoms with van der Waals surface area (Å²) in [6.45, 7) is -0.334. The third-order valence-electron chi connectivity index (χ3n) is 3.56. The van der Waals surface area contributed by atoms with Gasteiger partial charge in [0.15, 0.2) is 5.25 Å². The van der Waals surface area contributed by atoms with Crippen molar-refractivity contribution in [2.75, 3.05) is 20.2 Å². The van der Waals surface area contributed by atoms with Gasteiger partial charge in [0.25, 0.3) is 6.43 Å². The van der Waals surface area contributed by atoms with Crippen molar-refractivity contribution in [3.63, 3.8) is 0 Å². The molecule has 0 N–H and O–H groups in total. The number of hydrogen-bond donors (Lipinski definition) is 0. The van der Waals surface area contributed by atoms with Gasteiger partial charge in [-0.25, -0.2) is 26.5 Å². The van der Waals surface area contributed by atoms with Gasteiger partial charge in [0.05, 0.1) is 6.20 Å². The number of nitrogens with zero attached hydrogens (tertiary/aromatic N) is 4. The number of rotatable bonds is 5. The van der Waals surface area contributed by atoms with E-state index in [-0.39, 0.29) is 17.5 Å². The lowest BCUT2D eigenvalue weighted by Gasteiger charge is -2.08. The number of halogens is 2. The van der Waals surface area contributed by atoms with Crippen LogP contribution in [0.15, 0.2) is 22.9 Å². The van der Waals surface area contributed by atoms with E-state index in [2.05, 4.69) is 15.1 Å². The van der Waals surface area contributed by atoms with Crippen molar-refractivity contribution in [1.29, 1.82) is 0 Å². The van der Waals surface area contributed by atoms with Crippen LogP contribution in [0.25, 0.3) is 11.5 Å². The molecule has 0 bridgehead atoms. The Labute approximate surface area is 136 Å². The van der Waals surface area contributed by atoms with Gasteiger partial charge in [-0.2, -0.15) is 4.98 Å². The van der Waals surface area contributed by atoms with E-state index in [1.807, 2.05) is 0 Å². The molecule has 2 aromatic heterocycles. The van der Waals surface area contributed by atoms with Gasteiger partial charge in [-0.15, -0.1) is 0 Å². The fourth-order valence-electron chi connectivity index (χ4n) is 2.27. The van der Waals surface area contributed by atoms with Crippen LogP contribution in [-0.2, 0) is 10.0 Å². The first-order valence-corrected chi connectivity index (χ1v) is 8.54. The molecule has 2 aromatic rings. The molecule has 1 fully saturated rings. The van der Waals surface area contributed by atoms with Gasteiger partial charge in [-0.3, -0.25) is 0 Å². The maximum Gasteiger partial charge on any atom is 0.272 e. The van der Waals surface area contributed by atoms with Crippen molar-refractivity contribution < 1.29 is 26.5 Å². The highest BCUT2D eigenvalue weighted by atomic mass is 32.2. The Balaban J connectivity index is 1.76. The molecule has 0 spiro atoms. The van der Waals surface area contributed by atoms with Gasteiger partial charge in [0.1, 0.15) is 18.1 Å². The second-order valence-electron chi connectivity index (χ2n) is 5.18. The largest absolute Gasteiger partial charge is 0.486 e. The van der Waals surface area contributed by atoms with E-state index in [9.17, 15) is 17.2 Å². The molecule has 0 aliphatic carbocycles. The van der Waals surface area contributed by atoms with E-state index in [1.54, 1.807) is 0 Å². The summed E-state index contributed by atoms with van der Waals surface area (Å²) in [5.41, 5.74) is 0.318. The van der Waals surface area contributed by atoms with Crippen LogP contribution in [0.3, 0.4) is 0 Å². The van der Waals surface area contributed by atoms with E-state index in [4.69, 9.17) is 9.26 Å². The summed E-state index contributed by atoms with van der Waals surface area (Å²) in [5, 5.41) is 2.87. The van der Waals surface area contributed by atoms with Crippen LogP contribution in [-0.4, -0.2) is 54.5 Å². The minimum atomic E-state index is -3.48. The summed E-state index contributed by atoms with van der Waals surface area (Å²) in [6.07, 6.45) is -0.946. The Morgan fingerprint density at radius 2 is 2.25 bits per heavy atom. The summed E-state index contributed by atoms with van der Waals surface area (Å²) >= 11 is 0. The Bertz CT molecular complexity index is 810. The average molecular weight is 360 g/mol. The number of sulfonamides is 1. The predicted octanol–water partition coefficient (Wildman–Crippen LogP) is 1.48. The standard InChI is InChI=1S/C13H14F2N4O4S/c1-19-5-4-10(24(19,20)21)13-17-12(18-23-13)9-3-2-8(6-16-9)22-7-11(14)15/h2-3,6,10-11H,4-5,7H2,1H3/t10-/m0/s1. The lowest BCUT2D eigenvalue weighted by atomic mass is 10.3. The first-order chi connectivity index (χ1) is 11.4. The van der Waals surface area contributed by atoms with Gasteiger partial charge >= 0.3 is 0 Å². The van der Waals surface area contributed by atoms with E-state index in [0.717, 1.165) is 0 Å². The Morgan fingerprint density at radius 3 is 2.83 bits per heavy atom. The maximum atomic E-state index is 12.1. The van der Waals surface area contributed by atoms with Crippen LogP contribution in [0.5, 0.6) is 5.75 Å². The van der Waals surface area contributed by atoms with Crippen molar-refractivity contribution in [1.82, 2.24) is 19.4 Å². The van der Waals surface area contributed by atoms with Gasteiger partial charge in [-0.1, -0.05) is 5.16 Å². The van der Waals surface area contributed by atoms with Crippen molar-refractivity contribution in [3.05, 3.63) is 24.2 Å². The third kappa shape index (κ3) is 3.22. The van der Waals surface area contributed by atoms with Crippen LogP contribution < -0.4 is 4.74 Å². The zero-order chi connectivity index (χ0) is 17.3. The van der Waals surface area contributed by atoms with Crippen molar-refractivity contribution >= 4 is 10.0 Å². The summed E-state index contributed by atoms with van der Waals surface area (Å²) in [6, 6.07) is 2.92. The maximum absolute atomic E-state index is 12.1. The van der Waals surface area contributed by atoms with Crippen LogP contribution in [0, 0.1) is 0 Å².